The van der Waals surface area contributed by atoms with Crippen LogP contribution in [0.25, 0.3) is 0 Å². The van der Waals surface area contributed by atoms with Gasteiger partial charge in [0.1, 0.15) is 0 Å². The van der Waals surface area contributed by atoms with E-state index in [1.807, 2.05) is 32.0 Å². The Labute approximate surface area is 123 Å². The summed E-state index contributed by atoms with van der Waals surface area (Å²) in [6.45, 7) is 4.29. The number of halogens is 1. The van der Waals surface area contributed by atoms with Crippen LogP contribution in [0.2, 0.25) is 4.34 Å². The number of hydrogen-bond donors (Lipinski definition) is 1. The molecule has 0 saturated carbocycles. The summed E-state index contributed by atoms with van der Waals surface area (Å²) in [5.74, 6) is -0.00949. The number of nitrogens with one attached hydrogen (secondary N) is 1. The van der Waals surface area contributed by atoms with E-state index in [4.69, 9.17) is 16.9 Å². The molecule has 1 rings (SSSR count). The van der Waals surface area contributed by atoms with Crippen molar-refractivity contribution in [2.75, 3.05) is 13.6 Å². The molecule has 0 unspecified atom stereocenters. The minimum Gasteiger partial charge on any atom is -0.343 e. The molecule has 1 heterocycles. The highest BCUT2D eigenvalue weighted by Gasteiger charge is 2.20. The first-order valence-corrected chi connectivity index (χ1v) is 7.28. The largest absolute Gasteiger partial charge is 0.343 e. The Kier molecular flexibility index (Phi) is 6.29. The molecular formula is C13H18ClN3OS. The molecule has 6 heteroatoms. The average molecular weight is 300 g/mol. The Balaban J connectivity index is 2.52. The highest BCUT2D eigenvalue weighted by Crippen LogP contribution is 2.26. The van der Waals surface area contributed by atoms with Crippen molar-refractivity contribution in [2.45, 2.75) is 32.4 Å². The smallest absolute Gasteiger partial charge is 0.239 e. The maximum atomic E-state index is 12.1. The fraction of sp³-hybridized carbons (Fsp3) is 0.538. The first-order valence-electron chi connectivity index (χ1n) is 6.09. The Hall–Kier alpha value is -1.09. The van der Waals surface area contributed by atoms with Gasteiger partial charge in [0.15, 0.2) is 0 Å². The summed E-state index contributed by atoms with van der Waals surface area (Å²) >= 11 is 7.40. The van der Waals surface area contributed by atoms with E-state index in [1.165, 1.54) is 11.3 Å². The van der Waals surface area contributed by atoms with Crippen molar-refractivity contribution in [3.8, 4) is 6.07 Å². The number of nitriles is 1. The standard InChI is InChI=1S/C13H18ClN3OS/c1-9(11-5-6-12(14)19-11)16-10(2)13(18)17(3)8-4-7-15/h5-6,9-10,16H,4,8H2,1-3H3/t9-,10-/m0/s1. The van der Waals surface area contributed by atoms with Gasteiger partial charge < -0.3 is 4.90 Å². The number of likely N-dealkylation sites (N-methyl/N-ethyl adjacent to an activating group) is 1. The number of carbonyl (C=O) groups is 1. The molecule has 0 bridgehead atoms. The lowest BCUT2D eigenvalue weighted by Gasteiger charge is -2.23. The quantitative estimate of drug-likeness (QED) is 0.879. The van der Waals surface area contributed by atoms with Gasteiger partial charge in [-0.2, -0.15) is 5.26 Å². The highest BCUT2D eigenvalue weighted by atomic mass is 35.5. The fourth-order valence-corrected chi connectivity index (χ4v) is 2.82. The van der Waals surface area contributed by atoms with Crippen molar-refractivity contribution in [1.82, 2.24) is 10.2 Å². The molecule has 1 aromatic rings. The second-order valence-corrected chi connectivity index (χ2v) is 6.17. The predicted octanol–water partition coefficient (Wildman–Crippen LogP) is 2.81. The summed E-state index contributed by atoms with van der Waals surface area (Å²) in [5, 5.41) is 11.8. The maximum Gasteiger partial charge on any atom is 0.239 e. The van der Waals surface area contributed by atoms with Gasteiger partial charge in [-0.3, -0.25) is 10.1 Å². The summed E-state index contributed by atoms with van der Waals surface area (Å²) < 4.78 is 0.744. The number of nitrogens with zero attached hydrogens (tertiary/aromatic N) is 2. The molecule has 4 nitrogen and oxygen atoms in total. The summed E-state index contributed by atoms with van der Waals surface area (Å²) in [7, 11) is 1.71. The fourth-order valence-electron chi connectivity index (χ4n) is 1.75. The summed E-state index contributed by atoms with van der Waals surface area (Å²) in [6.07, 6.45) is 0.352. The van der Waals surface area contributed by atoms with Gasteiger partial charge in [0.2, 0.25) is 5.91 Å². The van der Waals surface area contributed by atoms with Crippen LogP contribution in [0, 0.1) is 11.3 Å². The van der Waals surface area contributed by atoms with Crippen molar-refractivity contribution in [3.63, 3.8) is 0 Å². The van der Waals surface area contributed by atoms with Gasteiger partial charge in [-0.25, -0.2) is 0 Å². The van der Waals surface area contributed by atoms with Crippen LogP contribution in [0.4, 0.5) is 0 Å². The molecule has 1 aromatic heterocycles. The van der Waals surface area contributed by atoms with Crippen LogP contribution < -0.4 is 5.32 Å². The van der Waals surface area contributed by atoms with Crippen LogP contribution >= 0.6 is 22.9 Å². The van der Waals surface area contributed by atoms with E-state index in [0.29, 0.717) is 13.0 Å². The Morgan fingerprint density at radius 3 is 2.79 bits per heavy atom. The van der Waals surface area contributed by atoms with E-state index < -0.39 is 0 Å². The molecule has 0 radical (unpaired) electrons. The zero-order valence-corrected chi connectivity index (χ0v) is 12.9. The van der Waals surface area contributed by atoms with Crippen molar-refractivity contribution >= 4 is 28.8 Å². The first-order chi connectivity index (χ1) is 8.95. The van der Waals surface area contributed by atoms with E-state index in [1.54, 1.807) is 11.9 Å². The molecule has 0 aromatic carbocycles. The summed E-state index contributed by atoms with van der Waals surface area (Å²) in [6, 6.07) is 5.62. The van der Waals surface area contributed by atoms with Crippen LogP contribution in [-0.4, -0.2) is 30.4 Å². The van der Waals surface area contributed by atoms with Gasteiger partial charge in [-0.05, 0) is 26.0 Å². The van der Waals surface area contributed by atoms with Crippen molar-refractivity contribution < 1.29 is 4.79 Å². The lowest BCUT2D eigenvalue weighted by atomic mass is 10.2. The molecule has 0 spiro atoms. The van der Waals surface area contributed by atoms with E-state index in [9.17, 15) is 4.79 Å². The minimum atomic E-state index is -0.292. The number of amides is 1. The van der Waals surface area contributed by atoms with Crippen LogP contribution in [-0.2, 0) is 4.79 Å². The molecule has 0 aliphatic heterocycles. The molecular weight excluding hydrogens is 282 g/mol. The monoisotopic (exact) mass is 299 g/mol. The predicted molar refractivity (Wildman–Crippen MR) is 78.2 cm³/mol. The molecule has 0 saturated heterocycles. The number of carbonyl (C=O) groups excluding carboxylic acids is 1. The second kappa shape index (κ2) is 7.49. The maximum absolute atomic E-state index is 12.1. The van der Waals surface area contributed by atoms with Gasteiger partial charge in [0.25, 0.3) is 0 Å². The van der Waals surface area contributed by atoms with E-state index in [0.717, 1.165) is 9.21 Å². The molecule has 0 aliphatic rings. The lowest BCUT2D eigenvalue weighted by molar-refractivity contribution is -0.131. The number of rotatable bonds is 6. The molecule has 2 atom stereocenters. The van der Waals surface area contributed by atoms with Gasteiger partial charge >= 0.3 is 0 Å². The topological polar surface area (TPSA) is 56.1 Å². The number of hydrogen-bond acceptors (Lipinski definition) is 4. The van der Waals surface area contributed by atoms with Crippen molar-refractivity contribution in [2.24, 2.45) is 0 Å². The zero-order chi connectivity index (χ0) is 14.4. The van der Waals surface area contributed by atoms with E-state index in [-0.39, 0.29) is 18.0 Å². The molecule has 104 valence electrons. The van der Waals surface area contributed by atoms with E-state index >= 15 is 0 Å². The molecule has 19 heavy (non-hydrogen) atoms. The Bertz CT molecular complexity index is 469. The SMILES string of the molecule is C[C@H](N[C@@H](C)c1ccc(Cl)s1)C(=O)N(C)CCC#N. The van der Waals surface area contributed by atoms with E-state index in [2.05, 4.69) is 5.32 Å². The van der Waals surface area contributed by atoms with Crippen LogP contribution in [0.3, 0.4) is 0 Å². The third-order valence-electron chi connectivity index (χ3n) is 2.83. The van der Waals surface area contributed by atoms with Gasteiger partial charge in [0.05, 0.1) is 22.9 Å². The lowest BCUT2D eigenvalue weighted by Crippen LogP contribution is -2.44. The first kappa shape index (κ1) is 16.0. The van der Waals surface area contributed by atoms with Crippen molar-refractivity contribution in [3.05, 3.63) is 21.3 Å². The molecule has 1 amide bonds. The third kappa shape index (κ3) is 4.83. The average Bonchev–Trinajstić information content (AvgIpc) is 2.81. The Morgan fingerprint density at radius 1 is 1.58 bits per heavy atom. The summed E-state index contributed by atoms with van der Waals surface area (Å²) in [4.78, 5) is 14.7. The van der Waals surface area contributed by atoms with Crippen molar-refractivity contribution in [1.29, 1.82) is 5.26 Å². The van der Waals surface area contributed by atoms with Crippen LogP contribution in [0.5, 0.6) is 0 Å². The third-order valence-corrected chi connectivity index (χ3v) is 4.24. The normalized spacial score (nSPS) is 13.6. The Morgan fingerprint density at radius 2 is 2.26 bits per heavy atom. The molecule has 0 fully saturated rings. The number of thiophene rings is 1. The van der Waals surface area contributed by atoms with Gasteiger partial charge in [-0.15, -0.1) is 11.3 Å². The molecule has 0 aliphatic carbocycles. The minimum absolute atomic E-state index is 0.00949. The van der Waals surface area contributed by atoms with Crippen LogP contribution in [0.1, 0.15) is 31.2 Å². The van der Waals surface area contributed by atoms with Crippen LogP contribution in [0.15, 0.2) is 12.1 Å². The summed E-state index contributed by atoms with van der Waals surface area (Å²) in [5.41, 5.74) is 0. The highest BCUT2D eigenvalue weighted by molar-refractivity contribution is 7.16. The molecule has 1 N–H and O–H groups in total. The zero-order valence-electron chi connectivity index (χ0n) is 11.3. The second-order valence-electron chi connectivity index (χ2n) is 4.42. The van der Waals surface area contributed by atoms with Gasteiger partial charge in [-0.1, -0.05) is 11.6 Å². The van der Waals surface area contributed by atoms with Gasteiger partial charge in [0, 0.05) is 24.5 Å².